The van der Waals surface area contributed by atoms with Crippen molar-refractivity contribution in [2.75, 3.05) is 0 Å². The van der Waals surface area contributed by atoms with Gasteiger partial charge in [0.05, 0.1) is 0 Å². The molecule has 0 fully saturated rings. The number of allylic oxidation sites excluding steroid dienone is 1. The number of aromatic hydroxyl groups is 2. The van der Waals surface area contributed by atoms with Gasteiger partial charge in [0.15, 0.2) is 11.5 Å². The lowest BCUT2D eigenvalue weighted by molar-refractivity contribution is 0.403. The molecule has 0 spiro atoms. The second kappa shape index (κ2) is 6.94. The zero-order valence-corrected chi connectivity index (χ0v) is 9.82. The first-order valence-corrected chi connectivity index (χ1v) is 5.92. The summed E-state index contributed by atoms with van der Waals surface area (Å²) >= 11 is 0. The molecule has 88 valence electrons. The van der Waals surface area contributed by atoms with Crippen molar-refractivity contribution in [1.29, 1.82) is 0 Å². The third-order valence-electron chi connectivity index (χ3n) is 2.53. The molecular formula is C14H20O2. The summed E-state index contributed by atoms with van der Waals surface area (Å²) < 4.78 is 0. The number of phenolic OH excluding ortho intramolecular Hbond substituents is 2. The Morgan fingerprint density at radius 1 is 1.06 bits per heavy atom. The minimum Gasteiger partial charge on any atom is -0.504 e. The first kappa shape index (κ1) is 12.6. The van der Waals surface area contributed by atoms with E-state index in [0.717, 1.165) is 12.0 Å². The van der Waals surface area contributed by atoms with Gasteiger partial charge in [0, 0.05) is 0 Å². The van der Waals surface area contributed by atoms with Crippen LogP contribution in [0.1, 0.15) is 44.6 Å². The maximum Gasteiger partial charge on any atom is 0.157 e. The fourth-order valence-corrected chi connectivity index (χ4v) is 1.55. The van der Waals surface area contributed by atoms with E-state index in [0.29, 0.717) is 0 Å². The summed E-state index contributed by atoms with van der Waals surface area (Å²) in [6.45, 7) is 2.20. The number of hydrogen-bond acceptors (Lipinski definition) is 2. The molecule has 2 nitrogen and oxygen atoms in total. The van der Waals surface area contributed by atoms with Crippen molar-refractivity contribution >= 4 is 6.08 Å². The van der Waals surface area contributed by atoms with Crippen LogP contribution in [0.15, 0.2) is 24.3 Å². The van der Waals surface area contributed by atoms with Crippen molar-refractivity contribution in [2.24, 2.45) is 0 Å². The van der Waals surface area contributed by atoms with Gasteiger partial charge in [-0.1, -0.05) is 44.4 Å². The van der Waals surface area contributed by atoms with Gasteiger partial charge in [-0.2, -0.15) is 0 Å². The van der Waals surface area contributed by atoms with E-state index in [4.69, 9.17) is 5.11 Å². The summed E-state index contributed by atoms with van der Waals surface area (Å²) in [6, 6.07) is 4.86. The van der Waals surface area contributed by atoms with E-state index in [1.54, 1.807) is 12.1 Å². The molecule has 0 amide bonds. The molecule has 0 bridgehead atoms. The Labute approximate surface area is 97.2 Å². The quantitative estimate of drug-likeness (QED) is 0.560. The van der Waals surface area contributed by atoms with Crippen molar-refractivity contribution in [1.82, 2.24) is 0 Å². The van der Waals surface area contributed by atoms with Crippen LogP contribution in [0, 0.1) is 0 Å². The fourth-order valence-electron chi connectivity index (χ4n) is 1.55. The third-order valence-corrected chi connectivity index (χ3v) is 2.53. The van der Waals surface area contributed by atoms with Crippen molar-refractivity contribution in [3.05, 3.63) is 29.8 Å². The Balaban J connectivity index is 2.35. The van der Waals surface area contributed by atoms with Crippen LogP contribution in [0.25, 0.3) is 6.08 Å². The monoisotopic (exact) mass is 220 g/mol. The van der Waals surface area contributed by atoms with Gasteiger partial charge in [0.2, 0.25) is 0 Å². The molecule has 1 aromatic carbocycles. The van der Waals surface area contributed by atoms with Crippen LogP contribution in [0.3, 0.4) is 0 Å². The van der Waals surface area contributed by atoms with Crippen LogP contribution < -0.4 is 0 Å². The smallest absolute Gasteiger partial charge is 0.157 e. The molecule has 0 aliphatic carbocycles. The molecule has 2 N–H and O–H groups in total. The molecule has 1 rings (SSSR count). The summed E-state index contributed by atoms with van der Waals surface area (Å²) in [6.07, 6.45) is 10.2. The molecule has 0 saturated heterocycles. The maximum atomic E-state index is 9.29. The van der Waals surface area contributed by atoms with Gasteiger partial charge in [-0.15, -0.1) is 0 Å². The highest BCUT2D eigenvalue weighted by atomic mass is 16.3. The van der Waals surface area contributed by atoms with Crippen LogP contribution in [0.4, 0.5) is 0 Å². The minimum atomic E-state index is -0.0694. The Kier molecular flexibility index (Phi) is 5.48. The topological polar surface area (TPSA) is 40.5 Å². The van der Waals surface area contributed by atoms with Crippen LogP contribution in [0.5, 0.6) is 11.5 Å². The van der Waals surface area contributed by atoms with Gasteiger partial charge in [0.25, 0.3) is 0 Å². The second-order valence-corrected chi connectivity index (χ2v) is 4.00. The van der Waals surface area contributed by atoms with Gasteiger partial charge in [-0.25, -0.2) is 0 Å². The molecule has 0 aliphatic heterocycles. The normalized spacial score (nSPS) is 11.1. The van der Waals surface area contributed by atoms with E-state index in [1.807, 2.05) is 6.08 Å². The average Bonchev–Trinajstić information content (AvgIpc) is 2.28. The Morgan fingerprint density at radius 3 is 2.56 bits per heavy atom. The predicted molar refractivity (Wildman–Crippen MR) is 67.6 cm³/mol. The second-order valence-electron chi connectivity index (χ2n) is 4.00. The van der Waals surface area contributed by atoms with Gasteiger partial charge < -0.3 is 10.2 Å². The largest absolute Gasteiger partial charge is 0.504 e. The van der Waals surface area contributed by atoms with Crippen molar-refractivity contribution < 1.29 is 10.2 Å². The molecule has 0 aliphatic rings. The number of benzene rings is 1. The highest BCUT2D eigenvalue weighted by Gasteiger charge is 1.97. The van der Waals surface area contributed by atoms with Gasteiger partial charge in [0.1, 0.15) is 0 Å². The molecule has 0 unspecified atom stereocenters. The number of unbranched alkanes of at least 4 members (excludes halogenated alkanes) is 4. The average molecular weight is 220 g/mol. The molecule has 16 heavy (non-hydrogen) atoms. The molecular weight excluding hydrogens is 200 g/mol. The number of rotatable bonds is 6. The summed E-state index contributed by atoms with van der Waals surface area (Å²) in [7, 11) is 0. The molecule has 0 aromatic heterocycles. The van der Waals surface area contributed by atoms with E-state index < -0.39 is 0 Å². The predicted octanol–water partition coefficient (Wildman–Crippen LogP) is 4.08. The van der Waals surface area contributed by atoms with Crippen molar-refractivity contribution in [3.63, 3.8) is 0 Å². The van der Waals surface area contributed by atoms with Gasteiger partial charge >= 0.3 is 0 Å². The zero-order valence-electron chi connectivity index (χ0n) is 9.82. The standard InChI is InChI=1S/C14H20O2/c1-2-3-4-5-6-7-8-12-9-10-13(15)14(16)11-12/h7-11,15-16H,2-6H2,1H3. The summed E-state index contributed by atoms with van der Waals surface area (Å²) in [5, 5.41) is 18.4. The molecule has 1 aromatic rings. The molecule has 0 heterocycles. The lowest BCUT2D eigenvalue weighted by Gasteiger charge is -1.98. The molecule has 0 atom stereocenters. The lowest BCUT2D eigenvalue weighted by Crippen LogP contribution is -1.75. The van der Waals surface area contributed by atoms with Gasteiger partial charge in [-0.05, 0) is 30.5 Å². The fraction of sp³-hybridized carbons (Fsp3) is 0.429. The van der Waals surface area contributed by atoms with E-state index in [1.165, 1.54) is 31.7 Å². The van der Waals surface area contributed by atoms with Crippen LogP contribution >= 0.6 is 0 Å². The minimum absolute atomic E-state index is 0.0619. The molecule has 0 radical (unpaired) electrons. The van der Waals surface area contributed by atoms with E-state index in [-0.39, 0.29) is 11.5 Å². The first-order valence-electron chi connectivity index (χ1n) is 5.92. The van der Waals surface area contributed by atoms with E-state index >= 15 is 0 Å². The Bertz CT molecular complexity index is 343. The highest BCUT2D eigenvalue weighted by molar-refractivity contribution is 5.54. The molecule has 2 heteroatoms. The first-order chi connectivity index (χ1) is 7.74. The van der Waals surface area contributed by atoms with Crippen molar-refractivity contribution in [3.8, 4) is 11.5 Å². The van der Waals surface area contributed by atoms with E-state index in [9.17, 15) is 5.11 Å². The Morgan fingerprint density at radius 2 is 1.88 bits per heavy atom. The SMILES string of the molecule is CCCCCCC=Cc1ccc(O)c(O)c1. The van der Waals surface area contributed by atoms with Crippen molar-refractivity contribution in [2.45, 2.75) is 39.0 Å². The zero-order chi connectivity index (χ0) is 11.8. The van der Waals surface area contributed by atoms with Crippen LogP contribution in [0.2, 0.25) is 0 Å². The number of hydrogen-bond donors (Lipinski definition) is 2. The van der Waals surface area contributed by atoms with Gasteiger partial charge in [-0.3, -0.25) is 0 Å². The highest BCUT2D eigenvalue weighted by Crippen LogP contribution is 2.25. The number of phenols is 2. The Hall–Kier alpha value is -1.44. The third kappa shape index (κ3) is 4.39. The maximum absolute atomic E-state index is 9.29. The summed E-state index contributed by atoms with van der Waals surface area (Å²) in [5.74, 6) is -0.131. The van der Waals surface area contributed by atoms with Crippen LogP contribution in [-0.4, -0.2) is 10.2 Å². The molecule has 0 saturated carbocycles. The lowest BCUT2D eigenvalue weighted by atomic mass is 10.1. The summed E-state index contributed by atoms with van der Waals surface area (Å²) in [5.41, 5.74) is 0.922. The van der Waals surface area contributed by atoms with E-state index in [2.05, 4.69) is 13.0 Å². The summed E-state index contributed by atoms with van der Waals surface area (Å²) in [4.78, 5) is 0. The van der Waals surface area contributed by atoms with Crippen LogP contribution in [-0.2, 0) is 0 Å².